The van der Waals surface area contributed by atoms with Gasteiger partial charge >= 0.3 is 5.97 Å². The SMILES string of the molecule is O=[C]c1cccc(OC(=O)c2ccccc2Cl)c1Cl. The van der Waals surface area contributed by atoms with E-state index in [0.29, 0.717) is 0 Å². The van der Waals surface area contributed by atoms with Gasteiger partial charge in [0.15, 0.2) is 5.75 Å². The maximum atomic E-state index is 11.9. The summed E-state index contributed by atoms with van der Waals surface area (Å²) in [5.74, 6) is -0.553. The van der Waals surface area contributed by atoms with E-state index in [-0.39, 0.29) is 26.9 Å². The van der Waals surface area contributed by atoms with Crippen molar-refractivity contribution in [2.24, 2.45) is 0 Å². The van der Waals surface area contributed by atoms with Crippen LogP contribution < -0.4 is 4.74 Å². The number of esters is 1. The van der Waals surface area contributed by atoms with Gasteiger partial charge in [0, 0.05) is 5.56 Å². The minimum Gasteiger partial charge on any atom is -0.421 e. The Kier molecular flexibility index (Phi) is 4.20. The molecule has 1 radical (unpaired) electrons. The van der Waals surface area contributed by atoms with Crippen molar-refractivity contribution >= 4 is 35.5 Å². The Balaban J connectivity index is 2.30. The van der Waals surface area contributed by atoms with Crippen molar-refractivity contribution in [3.05, 3.63) is 63.6 Å². The van der Waals surface area contributed by atoms with Gasteiger partial charge in [-0.1, -0.05) is 41.4 Å². The lowest BCUT2D eigenvalue weighted by molar-refractivity contribution is 0.0735. The minimum atomic E-state index is -0.643. The minimum absolute atomic E-state index is 0.0397. The van der Waals surface area contributed by atoms with E-state index in [1.165, 1.54) is 18.2 Å². The zero-order valence-corrected chi connectivity index (χ0v) is 11.0. The Morgan fingerprint density at radius 3 is 2.47 bits per heavy atom. The number of carbonyl (C=O) groups is 1. The molecule has 0 heterocycles. The molecule has 2 aromatic carbocycles. The third-order valence-electron chi connectivity index (χ3n) is 2.37. The Morgan fingerprint density at radius 1 is 1.05 bits per heavy atom. The monoisotopic (exact) mass is 293 g/mol. The van der Waals surface area contributed by atoms with Crippen LogP contribution in [0.3, 0.4) is 0 Å². The van der Waals surface area contributed by atoms with Gasteiger partial charge in [-0.15, -0.1) is 0 Å². The molecule has 0 saturated carbocycles. The predicted octanol–water partition coefficient (Wildman–Crippen LogP) is 3.67. The Hall–Kier alpha value is -1.84. The summed E-state index contributed by atoms with van der Waals surface area (Å²) >= 11 is 11.8. The van der Waals surface area contributed by atoms with Crippen molar-refractivity contribution in [1.29, 1.82) is 0 Å². The van der Waals surface area contributed by atoms with E-state index in [0.717, 1.165) is 0 Å². The predicted molar refractivity (Wildman–Crippen MR) is 72.7 cm³/mol. The van der Waals surface area contributed by atoms with Crippen LogP contribution in [0, 0.1) is 0 Å². The molecular weight excluding hydrogens is 287 g/mol. The van der Waals surface area contributed by atoms with Crippen LogP contribution in [0.25, 0.3) is 0 Å². The number of benzene rings is 2. The maximum absolute atomic E-state index is 11.9. The number of hydrogen-bond acceptors (Lipinski definition) is 3. The quantitative estimate of drug-likeness (QED) is 0.640. The van der Waals surface area contributed by atoms with Crippen LogP contribution in [-0.2, 0) is 4.79 Å². The molecule has 0 aliphatic heterocycles. The fraction of sp³-hybridized carbons (Fsp3) is 0. The van der Waals surface area contributed by atoms with Crippen LogP contribution in [0.2, 0.25) is 10.0 Å². The maximum Gasteiger partial charge on any atom is 0.345 e. The summed E-state index contributed by atoms with van der Waals surface area (Å²) in [6.07, 6.45) is 1.66. The lowest BCUT2D eigenvalue weighted by Gasteiger charge is -2.08. The van der Waals surface area contributed by atoms with Crippen LogP contribution in [0.5, 0.6) is 5.75 Å². The largest absolute Gasteiger partial charge is 0.421 e. The molecule has 0 atom stereocenters. The fourth-order valence-electron chi connectivity index (χ4n) is 1.45. The second-order valence-corrected chi connectivity index (χ2v) is 4.37. The van der Waals surface area contributed by atoms with Gasteiger partial charge < -0.3 is 4.74 Å². The van der Waals surface area contributed by atoms with Gasteiger partial charge in [-0.25, -0.2) is 4.79 Å². The molecule has 19 heavy (non-hydrogen) atoms. The normalized spacial score (nSPS) is 10.0. The first-order chi connectivity index (χ1) is 9.13. The number of rotatable bonds is 3. The number of halogens is 2. The molecule has 0 N–H and O–H groups in total. The van der Waals surface area contributed by atoms with Gasteiger partial charge in [0.2, 0.25) is 6.29 Å². The molecule has 5 heteroatoms. The summed E-state index contributed by atoms with van der Waals surface area (Å²) in [5.41, 5.74) is 0.354. The molecule has 0 saturated heterocycles. The highest BCUT2D eigenvalue weighted by Gasteiger charge is 2.15. The highest BCUT2D eigenvalue weighted by molar-refractivity contribution is 6.35. The molecule has 2 aromatic rings. The molecule has 0 aromatic heterocycles. The van der Waals surface area contributed by atoms with Gasteiger partial charge in [-0.2, -0.15) is 0 Å². The van der Waals surface area contributed by atoms with E-state index in [4.69, 9.17) is 27.9 Å². The van der Waals surface area contributed by atoms with Crippen molar-refractivity contribution in [2.45, 2.75) is 0 Å². The van der Waals surface area contributed by atoms with Crippen LogP contribution >= 0.6 is 23.2 Å². The van der Waals surface area contributed by atoms with Crippen molar-refractivity contribution < 1.29 is 14.3 Å². The average Bonchev–Trinajstić information content (AvgIpc) is 2.41. The number of hydrogen-bond donors (Lipinski definition) is 0. The van der Waals surface area contributed by atoms with E-state index in [2.05, 4.69) is 0 Å². The first kappa shape index (κ1) is 13.6. The first-order valence-corrected chi connectivity index (χ1v) is 6.02. The molecule has 3 nitrogen and oxygen atoms in total. The van der Waals surface area contributed by atoms with E-state index in [1.807, 2.05) is 0 Å². The molecule has 95 valence electrons. The van der Waals surface area contributed by atoms with Crippen LogP contribution in [0.4, 0.5) is 0 Å². The topological polar surface area (TPSA) is 43.4 Å². The lowest BCUT2D eigenvalue weighted by Crippen LogP contribution is -2.09. The van der Waals surface area contributed by atoms with Crippen LogP contribution in [0.15, 0.2) is 42.5 Å². The molecule has 0 spiro atoms. The Morgan fingerprint density at radius 2 is 1.79 bits per heavy atom. The zero-order chi connectivity index (χ0) is 13.8. The molecule has 0 fully saturated rings. The molecule has 0 unspecified atom stereocenters. The summed E-state index contributed by atoms with van der Waals surface area (Å²) in [4.78, 5) is 22.5. The number of carbonyl (C=O) groups excluding carboxylic acids is 2. The smallest absolute Gasteiger partial charge is 0.345 e. The fourth-order valence-corrected chi connectivity index (χ4v) is 1.87. The van der Waals surface area contributed by atoms with Gasteiger partial charge in [-0.3, -0.25) is 4.79 Å². The second kappa shape index (κ2) is 5.87. The van der Waals surface area contributed by atoms with Gasteiger partial charge in [0.25, 0.3) is 0 Å². The lowest BCUT2D eigenvalue weighted by atomic mass is 10.2. The standard InChI is InChI=1S/C14H7Cl2O3/c15-11-6-2-1-5-10(11)14(18)19-12-7-3-4-9(8-17)13(12)16/h1-7H. The summed E-state index contributed by atoms with van der Waals surface area (Å²) in [5, 5.41) is 0.319. The zero-order valence-electron chi connectivity index (χ0n) is 9.52. The van der Waals surface area contributed by atoms with Crippen LogP contribution in [0.1, 0.15) is 15.9 Å². The summed E-state index contributed by atoms with van der Waals surface area (Å²) < 4.78 is 5.12. The van der Waals surface area contributed by atoms with E-state index < -0.39 is 5.97 Å². The first-order valence-electron chi connectivity index (χ1n) is 5.27. The highest BCUT2D eigenvalue weighted by atomic mass is 35.5. The van der Waals surface area contributed by atoms with Gasteiger partial charge in [-0.05, 0) is 24.3 Å². The highest BCUT2D eigenvalue weighted by Crippen LogP contribution is 2.28. The molecule has 0 aliphatic rings. The average molecular weight is 294 g/mol. The molecule has 2 rings (SSSR count). The summed E-state index contributed by atoms with van der Waals surface area (Å²) in [6.45, 7) is 0. The Labute approximate surface area is 119 Å². The second-order valence-electron chi connectivity index (χ2n) is 3.59. The number of ether oxygens (including phenoxy) is 1. The van der Waals surface area contributed by atoms with E-state index in [1.54, 1.807) is 30.6 Å². The van der Waals surface area contributed by atoms with Crippen LogP contribution in [-0.4, -0.2) is 12.3 Å². The van der Waals surface area contributed by atoms with E-state index in [9.17, 15) is 9.59 Å². The van der Waals surface area contributed by atoms with E-state index >= 15 is 0 Å². The third kappa shape index (κ3) is 2.95. The van der Waals surface area contributed by atoms with Crippen molar-refractivity contribution in [3.8, 4) is 5.75 Å². The Bertz CT molecular complexity index is 638. The van der Waals surface area contributed by atoms with Gasteiger partial charge in [0.1, 0.15) is 0 Å². The molecular formula is C14H7Cl2O3. The summed E-state index contributed by atoms with van der Waals surface area (Å²) in [7, 11) is 0. The van der Waals surface area contributed by atoms with Crippen molar-refractivity contribution in [3.63, 3.8) is 0 Å². The third-order valence-corrected chi connectivity index (χ3v) is 3.09. The molecule has 0 bridgehead atoms. The molecule has 0 aliphatic carbocycles. The van der Waals surface area contributed by atoms with Gasteiger partial charge in [0.05, 0.1) is 15.6 Å². The van der Waals surface area contributed by atoms with Crippen molar-refractivity contribution in [2.75, 3.05) is 0 Å². The summed E-state index contributed by atoms with van der Waals surface area (Å²) in [6, 6.07) is 11.0. The molecule has 0 amide bonds. The van der Waals surface area contributed by atoms with Crippen molar-refractivity contribution in [1.82, 2.24) is 0 Å².